The van der Waals surface area contributed by atoms with Crippen LogP contribution < -0.4 is 10.1 Å². The number of ether oxygens (including phenoxy) is 1. The van der Waals surface area contributed by atoms with Crippen LogP contribution >= 0.6 is 15.9 Å². The van der Waals surface area contributed by atoms with Crippen LogP contribution in [0.2, 0.25) is 0 Å². The fourth-order valence-electron chi connectivity index (χ4n) is 1.41. The van der Waals surface area contributed by atoms with E-state index >= 15 is 0 Å². The first kappa shape index (κ1) is 14.3. The summed E-state index contributed by atoms with van der Waals surface area (Å²) in [6.45, 7) is 9.77. The largest absolute Gasteiger partial charge is 0.485 e. The van der Waals surface area contributed by atoms with E-state index in [2.05, 4.69) is 46.9 Å². The average Bonchev–Trinajstić information content (AvgIpc) is 2.32. The topological polar surface area (TPSA) is 21.3 Å². The minimum absolute atomic E-state index is 0.0235. The molecule has 0 heterocycles. The average molecular weight is 298 g/mol. The zero-order chi connectivity index (χ0) is 12.7. The number of hydrogen-bond acceptors (Lipinski definition) is 2. The molecule has 0 bridgehead atoms. The van der Waals surface area contributed by atoms with Gasteiger partial charge in [0.1, 0.15) is 11.9 Å². The smallest absolute Gasteiger partial charge is 0.134 e. The molecular weight excluding hydrogens is 278 g/mol. The molecule has 0 aliphatic heterocycles. The maximum Gasteiger partial charge on any atom is 0.134 e. The third kappa shape index (κ3) is 4.92. The summed E-state index contributed by atoms with van der Waals surface area (Å²) in [6.07, 6.45) is 2.96. The molecule has 1 N–H and O–H groups in total. The molecule has 17 heavy (non-hydrogen) atoms. The van der Waals surface area contributed by atoms with E-state index < -0.39 is 0 Å². The van der Waals surface area contributed by atoms with Crippen LogP contribution in [0, 0.1) is 0 Å². The normalized spacial score (nSPS) is 12.2. The number of hydrogen-bond donors (Lipinski definition) is 1. The second-order valence-electron chi connectivity index (χ2n) is 4.00. The van der Waals surface area contributed by atoms with Crippen LogP contribution in [0.1, 0.15) is 25.8 Å². The molecule has 0 saturated carbocycles. The SMILES string of the molecule is C=CC(C)Oc1ccc(CNCCC)cc1Br. The van der Waals surface area contributed by atoms with Gasteiger partial charge in [0.05, 0.1) is 4.47 Å². The highest BCUT2D eigenvalue weighted by Crippen LogP contribution is 2.27. The summed E-state index contributed by atoms with van der Waals surface area (Å²) >= 11 is 3.53. The van der Waals surface area contributed by atoms with E-state index in [1.807, 2.05) is 13.0 Å². The Balaban J connectivity index is 2.62. The maximum atomic E-state index is 5.69. The van der Waals surface area contributed by atoms with Crippen molar-refractivity contribution in [3.63, 3.8) is 0 Å². The quantitative estimate of drug-likeness (QED) is 0.609. The van der Waals surface area contributed by atoms with E-state index in [1.54, 1.807) is 6.08 Å². The lowest BCUT2D eigenvalue weighted by Crippen LogP contribution is -2.14. The van der Waals surface area contributed by atoms with E-state index in [0.29, 0.717) is 0 Å². The van der Waals surface area contributed by atoms with Crippen molar-refractivity contribution in [1.29, 1.82) is 0 Å². The lowest BCUT2D eigenvalue weighted by molar-refractivity contribution is 0.268. The summed E-state index contributed by atoms with van der Waals surface area (Å²) in [6, 6.07) is 6.17. The molecule has 94 valence electrons. The molecule has 1 rings (SSSR count). The van der Waals surface area contributed by atoms with Crippen molar-refractivity contribution in [2.75, 3.05) is 6.54 Å². The monoisotopic (exact) mass is 297 g/mol. The lowest BCUT2D eigenvalue weighted by Gasteiger charge is -2.13. The first-order chi connectivity index (χ1) is 8.17. The van der Waals surface area contributed by atoms with E-state index in [9.17, 15) is 0 Å². The van der Waals surface area contributed by atoms with E-state index in [0.717, 1.165) is 29.7 Å². The Labute approximate surface area is 112 Å². The molecule has 0 fully saturated rings. The number of nitrogens with one attached hydrogen (secondary N) is 1. The van der Waals surface area contributed by atoms with Gasteiger partial charge < -0.3 is 10.1 Å². The second kappa shape index (κ2) is 7.51. The lowest BCUT2D eigenvalue weighted by atomic mass is 10.2. The highest BCUT2D eigenvalue weighted by molar-refractivity contribution is 9.10. The standard InChI is InChI=1S/C14H20BrNO/c1-4-8-16-10-12-6-7-14(13(15)9-12)17-11(3)5-2/h5-7,9,11,16H,2,4,8,10H2,1,3H3. The first-order valence-corrected chi connectivity index (χ1v) is 6.75. The van der Waals surface area contributed by atoms with Gasteiger partial charge in [-0.25, -0.2) is 0 Å². The van der Waals surface area contributed by atoms with Gasteiger partial charge in [-0.05, 0) is 53.5 Å². The van der Waals surface area contributed by atoms with Crippen molar-refractivity contribution >= 4 is 15.9 Å². The third-order valence-electron chi connectivity index (χ3n) is 2.40. The van der Waals surface area contributed by atoms with Crippen LogP contribution in [0.5, 0.6) is 5.75 Å². The number of benzene rings is 1. The maximum absolute atomic E-state index is 5.69. The van der Waals surface area contributed by atoms with Crippen LogP contribution in [-0.2, 0) is 6.54 Å². The summed E-state index contributed by atoms with van der Waals surface area (Å²) in [5.41, 5.74) is 1.25. The molecule has 1 aromatic rings. The Morgan fingerprint density at radius 1 is 1.53 bits per heavy atom. The number of rotatable bonds is 7. The zero-order valence-electron chi connectivity index (χ0n) is 10.5. The van der Waals surface area contributed by atoms with Gasteiger partial charge in [-0.1, -0.05) is 25.6 Å². The third-order valence-corrected chi connectivity index (χ3v) is 3.02. The Bertz CT molecular complexity index is 365. The zero-order valence-corrected chi connectivity index (χ0v) is 12.1. The Kier molecular flexibility index (Phi) is 6.30. The molecule has 1 aromatic carbocycles. The van der Waals surface area contributed by atoms with E-state index in [4.69, 9.17) is 4.74 Å². The Morgan fingerprint density at radius 3 is 2.88 bits per heavy atom. The predicted octanol–water partition coefficient (Wildman–Crippen LogP) is 3.90. The number of halogens is 1. The van der Waals surface area contributed by atoms with Gasteiger partial charge in [0, 0.05) is 6.54 Å². The van der Waals surface area contributed by atoms with Crippen LogP contribution in [-0.4, -0.2) is 12.6 Å². The van der Waals surface area contributed by atoms with Crippen molar-refractivity contribution in [3.05, 3.63) is 40.9 Å². The molecule has 1 atom stereocenters. The van der Waals surface area contributed by atoms with Gasteiger partial charge in [0.2, 0.25) is 0 Å². The van der Waals surface area contributed by atoms with Gasteiger partial charge in [0.15, 0.2) is 0 Å². The second-order valence-corrected chi connectivity index (χ2v) is 4.85. The van der Waals surface area contributed by atoms with Gasteiger partial charge in [-0.3, -0.25) is 0 Å². The minimum atomic E-state index is 0.0235. The summed E-state index contributed by atoms with van der Waals surface area (Å²) in [4.78, 5) is 0. The summed E-state index contributed by atoms with van der Waals surface area (Å²) < 4.78 is 6.68. The van der Waals surface area contributed by atoms with Crippen LogP contribution in [0.3, 0.4) is 0 Å². The molecule has 0 aliphatic rings. The highest BCUT2D eigenvalue weighted by atomic mass is 79.9. The van der Waals surface area contributed by atoms with Crippen molar-refractivity contribution in [1.82, 2.24) is 5.32 Å². The van der Waals surface area contributed by atoms with E-state index in [1.165, 1.54) is 5.56 Å². The Morgan fingerprint density at radius 2 is 2.29 bits per heavy atom. The Hall–Kier alpha value is -0.800. The van der Waals surface area contributed by atoms with Gasteiger partial charge in [-0.15, -0.1) is 0 Å². The summed E-state index contributed by atoms with van der Waals surface area (Å²) in [7, 11) is 0. The first-order valence-electron chi connectivity index (χ1n) is 5.95. The van der Waals surface area contributed by atoms with Crippen molar-refractivity contribution in [3.8, 4) is 5.75 Å². The molecule has 0 aromatic heterocycles. The van der Waals surface area contributed by atoms with Crippen LogP contribution in [0.25, 0.3) is 0 Å². The van der Waals surface area contributed by atoms with Crippen molar-refractivity contribution in [2.45, 2.75) is 32.9 Å². The fourth-order valence-corrected chi connectivity index (χ4v) is 1.93. The van der Waals surface area contributed by atoms with Gasteiger partial charge in [0.25, 0.3) is 0 Å². The van der Waals surface area contributed by atoms with Crippen LogP contribution in [0.4, 0.5) is 0 Å². The molecular formula is C14H20BrNO. The van der Waals surface area contributed by atoms with Gasteiger partial charge >= 0.3 is 0 Å². The molecule has 2 nitrogen and oxygen atoms in total. The summed E-state index contributed by atoms with van der Waals surface area (Å²) in [5, 5.41) is 3.37. The van der Waals surface area contributed by atoms with Gasteiger partial charge in [-0.2, -0.15) is 0 Å². The van der Waals surface area contributed by atoms with Crippen molar-refractivity contribution < 1.29 is 4.74 Å². The minimum Gasteiger partial charge on any atom is -0.485 e. The molecule has 3 heteroatoms. The highest BCUT2D eigenvalue weighted by Gasteiger charge is 2.05. The fraction of sp³-hybridized carbons (Fsp3) is 0.429. The molecule has 0 aliphatic carbocycles. The molecule has 0 saturated heterocycles. The molecule has 0 radical (unpaired) electrons. The predicted molar refractivity (Wildman–Crippen MR) is 76.4 cm³/mol. The van der Waals surface area contributed by atoms with Crippen LogP contribution in [0.15, 0.2) is 35.3 Å². The van der Waals surface area contributed by atoms with Crippen molar-refractivity contribution in [2.24, 2.45) is 0 Å². The molecule has 0 spiro atoms. The molecule has 0 amide bonds. The molecule has 1 unspecified atom stereocenters. The van der Waals surface area contributed by atoms with E-state index in [-0.39, 0.29) is 6.10 Å². The summed E-state index contributed by atoms with van der Waals surface area (Å²) in [5.74, 6) is 0.858.